The second-order valence-electron chi connectivity index (χ2n) is 7.74. The van der Waals surface area contributed by atoms with Crippen LogP contribution in [0, 0.1) is 0 Å². The third kappa shape index (κ3) is 3.96. The van der Waals surface area contributed by atoms with E-state index >= 15 is 0 Å². The van der Waals surface area contributed by atoms with Gasteiger partial charge in [-0.1, -0.05) is 18.2 Å². The highest BCUT2D eigenvalue weighted by Gasteiger charge is 2.38. The van der Waals surface area contributed by atoms with Crippen LogP contribution in [0.3, 0.4) is 0 Å². The van der Waals surface area contributed by atoms with Crippen LogP contribution in [0.15, 0.2) is 36.0 Å². The molecule has 3 heterocycles. The molecular weight excluding hydrogens is 400 g/mol. The summed E-state index contributed by atoms with van der Waals surface area (Å²) in [6.45, 7) is 1.30. The fourth-order valence-electron chi connectivity index (χ4n) is 3.90. The molecule has 5 amide bonds. The Labute approximate surface area is 179 Å². The zero-order valence-corrected chi connectivity index (χ0v) is 17.5. The maximum absolute atomic E-state index is 12.5. The molecule has 0 aliphatic carbocycles. The number of fused-ring (bicyclic) bond motifs is 1. The molecule has 1 aromatic carbocycles. The molecule has 9 nitrogen and oxygen atoms in total. The Bertz CT molecular complexity index is 1070. The molecular formula is C22H24N4O5. The fraction of sp³-hybridized carbons (Fsp3) is 0.364. The summed E-state index contributed by atoms with van der Waals surface area (Å²) in [5.41, 5.74) is 1.32. The van der Waals surface area contributed by atoms with Gasteiger partial charge in [0.1, 0.15) is 12.1 Å². The van der Waals surface area contributed by atoms with Crippen molar-refractivity contribution in [2.24, 2.45) is 0 Å². The molecule has 2 aliphatic rings. The number of para-hydroxylation sites is 1. The number of carbonyl (C=O) groups is 4. The Kier molecular flexibility index (Phi) is 5.60. The second kappa shape index (κ2) is 8.35. The molecule has 1 N–H and O–H groups in total. The summed E-state index contributed by atoms with van der Waals surface area (Å²) in [5, 5.41) is 3.70. The SMILES string of the molecule is CN1C(=O)C(=Cc2cn(CC(=O)NCC3CCCO3)c3ccccc23)C(=O)N(C)C1=O. The van der Waals surface area contributed by atoms with E-state index in [0.29, 0.717) is 12.1 Å². The smallest absolute Gasteiger partial charge is 0.333 e. The number of barbiturate groups is 1. The molecule has 2 aliphatic heterocycles. The van der Waals surface area contributed by atoms with E-state index in [1.165, 1.54) is 20.2 Å². The Morgan fingerprint density at radius 2 is 1.87 bits per heavy atom. The maximum Gasteiger partial charge on any atom is 0.333 e. The zero-order chi connectivity index (χ0) is 22.1. The second-order valence-corrected chi connectivity index (χ2v) is 7.74. The lowest BCUT2D eigenvalue weighted by atomic mass is 10.1. The first-order valence-electron chi connectivity index (χ1n) is 10.1. The minimum Gasteiger partial charge on any atom is -0.376 e. The van der Waals surface area contributed by atoms with E-state index < -0.39 is 17.8 Å². The zero-order valence-electron chi connectivity index (χ0n) is 17.5. The van der Waals surface area contributed by atoms with Crippen LogP contribution in [0.2, 0.25) is 0 Å². The highest BCUT2D eigenvalue weighted by atomic mass is 16.5. The van der Waals surface area contributed by atoms with Crippen molar-refractivity contribution in [1.82, 2.24) is 19.7 Å². The minimum atomic E-state index is -0.669. The van der Waals surface area contributed by atoms with Gasteiger partial charge < -0.3 is 14.6 Å². The Morgan fingerprint density at radius 3 is 2.55 bits per heavy atom. The topological polar surface area (TPSA) is 101 Å². The van der Waals surface area contributed by atoms with Gasteiger partial charge >= 0.3 is 6.03 Å². The van der Waals surface area contributed by atoms with Gasteiger partial charge in [0.15, 0.2) is 0 Å². The fourth-order valence-corrected chi connectivity index (χ4v) is 3.90. The Balaban J connectivity index is 1.61. The van der Waals surface area contributed by atoms with Crippen molar-refractivity contribution >= 4 is 40.7 Å². The predicted molar refractivity (Wildman–Crippen MR) is 113 cm³/mol. The highest BCUT2D eigenvalue weighted by Crippen LogP contribution is 2.26. The van der Waals surface area contributed by atoms with E-state index in [1.54, 1.807) is 10.8 Å². The number of benzene rings is 1. The number of ether oxygens (including phenoxy) is 1. The molecule has 4 rings (SSSR count). The van der Waals surface area contributed by atoms with Crippen molar-refractivity contribution in [3.8, 4) is 0 Å². The number of rotatable bonds is 5. The number of carbonyl (C=O) groups excluding carboxylic acids is 4. The van der Waals surface area contributed by atoms with Crippen LogP contribution < -0.4 is 5.32 Å². The lowest BCUT2D eigenvalue weighted by molar-refractivity contribution is -0.134. The number of likely N-dealkylation sites (N-methyl/N-ethyl adjacent to an activating group) is 2. The number of urea groups is 1. The van der Waals surface area contributed by atoms with Crippen molar-refractivity contribution in [2.75, 3.05) is 27.2 Å². The summed E-state index contributed by atoms with van der Waals surface area (Å²) < 4.78 is 7.31. The van der Waals surface area contributed by atoms with Gasteiger partial charge in [0.05, 0.1) is 6.10 Å². The van der Waals surface area contributed by atoms with Gasteiger partial charge in [-0.2, -0.15) is 0 Å². The van der Waals surface area contributed by atoms with E-state index in [9.17, 15) is 19.2 Å². The van der Waals surface area contributed by atoms with Crippen LogP contribution in [-0.2, 0) is 25.7 Å². The molecule has 0 radical (unpaired) electrons. The number of amides is 5. The van der Waals surface area contributed by atoms with Crippen molar-refractivity contribution in [1.29, 1.82) is 0 Å². The molecule has 2 fully saturated rings. The van der Waals surface area contributed by atoms with E-state index in [2.05, 4.69) is 5.32 Å². The molecule has 1 aromatic heterocycles. The Hall–Kier alpha value is -3.46. The van der Waals surface area contributed by atoms with Crippen LogP contribution in [0.4, 0.5) is 4.79 Å². The van der Waals surface area contributed by atoms with Gasteiger partial charge in [0, 0.05) is 49.9 Å². The minimum absolute atomic E-state index is 0.0608. The maximum atomic E-state index is 12.5. The van der Waals surface area contributed by atoms with E-state index in [0.717, 1.165) is 40.2 Å². The number of nitrogens with one attached hydrogen (secondary N) is 1. The summed E-state index contributed by atoms with van der Waals surface area (Å²) in [7, 11) is 2.67. The molecule has 2 aromatic rings. The molecule has 1 atom stereocenters. The van der Waals surface area contributed by atoms with Crippen molar-refractivity contribution in [2.45, 2.75) is 25.5 Å². The summed E-state index contributed by atoms with van der Waals surface area (Å²) >= 11 is 0. The first-order valence-corrected chi connectivity index (χ1v) is 10.1. The van der Waals surface area contributed by atoms with Crippen LogP contribution in [-0.4, -0.2) is 71.5 Å². The molecule has 0 spiro atoms. The molecule has 1 unspecified atom stereocenters. The average Bonchev–Trinajstić information content (AvgIpc) is 3.41. The monoisotopic (exact) mass is 424 g/mol. The molecule has 9 heteroatoms. The Morgan fingerprint density at radius 1 is 1.16 bits per heavy atom. The van der Waals surface area contributed by atoms with Crippen molar-refractivity contribution < 1.29 is 23.9 Å². The van der Waals surface area contributed by atoms with Gasteiger partial charge in [0.25, 0.3) is 11.8 Å². The first kappa shape index (κ1) is 20.8. The molecule has 2 saturated heterocycles. The number of nitrogens with zero attached hydrogens (tertiary/aromatic N) is 3. The average molecular weight is 424 g/mol. The van der Waals surface area contributed by atoms with Crippen LogP contribution in [0.25, 0.3) is 17.0 Å². The first-order chi connectivity index (χ1) is 14.9. The van der Waals surface area contributed by atoms with Gasteiger partial charge in [-0.05, 0) is 25.0 Å². The van der Waals surface area contributed by atoms with E-state index in [-0.39, 0.29) is 24.1 Å². The number of hydrogen-bond acceptors (Lipinski definition) is 5. The molecule has 162 valence electrons. The number of imide groups is 2. The summed E-state index contributed by atoms with van der Waals surface area (Å²) in [5.74, 6) is -1.45. The summed E-state index contributed by atoms with van der Waals surface area (Å²) in [6.07, 6.45) is 5.23. The summed E-state index contributed by atoms with van der Waals surface area (Å²) in [4.78, 5) is 51.3. The van der Waals surface area contributed by atoms with E-state index in [4.69, 9.17) is 4.74 Å². The summed E-state index contributed by atoms with van der Waals surface area (Å²) in [6, 6.07) is 6.77. The largest absolute Gasteiger partial charge is 0.376 e. The van der Waals surface area contributed by atoms with Crippen LogP contribution >= 0.6 is 0 Å². The number of hydrogen-bond donors (Lipinski definition) is 1. The van der Waals surface area contributed by atoms with Crippen LogP contribution in [0.1, 0.15) is 18.4 Å². The molecule has 0 saturated carbocycles. The normalized spacial score (nSPS) is 19.5. The molecule has 31 heavy (non-hydrogen) atoms. The van der Waals surface area contributed by atoms with Gasteiger partial charge in [-0.3, -0.25) is 24.2 Å². The van der Waals surface area contributed by atoms with Gasteiger partial charge in [-0.25, -0.2) is 4.79 Å². The number of aromatic nitrogens is 1. The standard InChI is InChI=1S/C22H24N4O5/c1-24-20(28)17(21(29)25(2)22(24)30)10-14-12-26(18-8-4-3-7-16(14)18)13-19(27)23-11-15-6-5-9-31-15/h3-4,7-8,10,12,15H,5-6,9,11,13H2,1-2H3,(H,23,27). The quantitative estimate of drug-likeness (QED) is 0.577. The van der Waals surface area contributed by atoms with E-state index in [1.807, 2.05) is 24.3 Å². The van der Waals surface area contributed by atoms with Gasteiger partial charge in [-0.15, -0.1) is 0 Å². The third-order valence-corrected chi connectivity index (χ3v) is 5.63. The van der Waals surface area contributed by atoms with Crippen molar-refractivity contribution in [3.63, 3.8) is 0 Å². The predicted octanol–water partition coefficient (Wildman–Crippen LogP) is 1.37. The lowest BCUT2D eigenvalue weighted by Crippen LogP contribution is -2.52. The highest BCUT2D eigenvalue weighted by molar-refractivity contribution is 6.31. The third-order valence-electron chi connectivity index (χ3n) is 5.63. The van der Waals surface area contributed by atoms with Crippen LogP contribution in [0.5, 0.6) is 0 Å². The lowest BCUT2D eigenvalue weighted by Gasteiger charge is -2.28. The molecule has 0 bridgehead atoms. The van der Waals surface area contributed by atoms with Crippen molar-refractivity contribution in [3.05, 3.63) is 41.6 Å². The van der Waals surface area contributed by atoms with Gasteiger partial charge in [0.2, 0.25) is 5.91 Å².